The maximum absolute atomic E-state index is 5.10. The van der Waals surface area contributed by atoms with Crippen molar-refractivity contribution in [1.82, 2.24) is 4.98 Å². The van der Waals surface area contributed by atoms with Crippen molar-refractivity contribution >= 4 is 23.8 Å². The van der Waals surface area contributed by atoms with Crippen LogP contribution in [0.15, 0.2) is 46.4 Å². The SMILES string of the molecule is CCCCc1cc(C)cc(CCCC)c1N=Cc1cc(C)cc(C=Nc2c(CCCC)cc(C)cc2CCCC)n1.[Cl-].[Cl-].[Fe+2]. The number of rotatable bonds is 16. The maximum atomic E-state index is 5.10. The minimum absolute atomic E-state index is 0. The first-order valence-corrected chi connectivity index (χ1v) is 16.2. The quantitative estimate of drug-likeness (QED) is 0.157. The standard InChI is InChI=1S/C38H53N3.2ClH.Fe/c1-8-12-16-31-20-28(5)21-32(17-13-9-2)37(31)39-26-35-24-30(7)25-36(41-35)27-40-38-33(18-14-10-3)22-29(6)23-34(38)19-15-11-4;;;/h20-27H,8-19H2,1-7H3;2*1H;/q;;;+2/p-2. The molecule has 0 aliphatic carbocycles. The molecule has 3 rings (SSSR count). The molecule has 0 fully saturated rings. The first-order valence-electron chi connectivity index (χ1n) is 16.2. The van der Waals surface area contributed by atoms with E-state index in [1.165, 1.54) is 90.3 Å². The third-order valence-corrected chi connectivity index (χ3v) is 7.68. The van der Waals surface area contributed by atoms with Crippen molar-refractivity contribution in [2.45, 2.75) is 126 Å². The van der Waals surface area contributed by atoms with Gasteiger partial charge in [-0.3, -0.25) is 9.98 Å². The number of pyridine rings is 1. The van der Waals surface area contributed by atoms with Crippen molar-refractivity contribution in [2.75, 3.05) is 0 Å². The number of halogens is 2. The second-order valence-electron chi connectivity index (χ2n) is 11.8. The number of hydrogen-bond donors (Lipinski definition) is 0. The summed E-state index contributed by atoms with van der Waals surface area (Å²) in [5.74, 6) is 0. The molecule has 0 atom stereocenters. The van der Waals surface area contributed by atoms with Gasteiger partial charge in [-0.1, -0.05) is 88.8 Å². The fourth-order valence-corrected chi connectivity index (χ4v) is 5.55. The van der Waals surface area contributed by atoms with E-state index in [9.17, 15) is 0 Å². The van der Waals surface area contributed by atoms with Gasteiger partial charge in [0.15, 0.2) is 0 Å². The zero-order valence-electron chi connectivity index (χ0n) is 28.1. The van der Waals surface area contributed by atoms with E-state index in [0.717, 1.165) is 48.4 Å². The molecule has 242 valence electrons. The molecular weight excluding hydrogens is 625 g/mol. The van der Waals surface area contributed by atoms with Crippen molar-refractivity contribution in [2.24, 2.45) is 9.98 Å². The summed E-state index contributed by atoms with van der Waals surface area (Å²) in [5.41, 5.74) is 13.4. The van der Waals surface area contributed by atoms with Crippen LogP contribution in [0.5, 0.6) is 0 Å². The monoisotopic (exact) mass is 677 g/mol. The molecule has 44 heavy (non-hydrogen) atoms. The van der Waals surface area contributed by atoms with Gasteiger partial charge in [-0.25, -0.2) is 4.98 Å². The summed E-state index contributed by atoms with van der Waals surface area (Å²) in [6.07, 6.45) is 17.7. The average Bonchev–Trinajstić information content (AvgIpc) is 2.95. The Hall–Kier alpha value is -1.97. The molecule has 1 heterocycles. The van der Waals surface area contributed by atoms with Crippen LogP contribution in [0, 0.1) is 20.8 Å². The summed E-state index contributed by atoms with van der Waals surface area (Å²) >= 11 is 0. The molecule has 0 saturated carbocycles. The Bertz CT molecular complexity index is 1180. The van der Waals surface area contributed by atoms with E-state index < -0.39 is 0 Å². The van der Waals surface area contributed by atoms with Crippen LogP contribution in [0.1, 0.15) is 129 Å². The zero-order chi connectivity index (χ0) is 29.6. The Morgan fingerprint density at radius 1 is 0.500 bits per heavy atom. The zero-order valence-corrected chi connectivity index (χ0v) is 30.7. The van der Waals surface area contributed by atoms with Crippen LogP contribution in [0.2, 0.25) is 0 Å². The van der Waals surface area contributed by atoms with Crippen LogP contribution < -0.4 is 24.8 Å². The Morgan fingerprint density at radius 2 is 0.773 bits per heavy atom. The van der Waals surface area contributed by atoms with Gasteiger partial charge in [0.1, 0.15) is 0 Å². The third kappa shape index (κ3) is 13.2. The van der Waals surface area contributed by atoms with Crippen molar-refractivity contribution in [1.29, 1.82) is 0 Å². The van der Waals surface area contributed by atoms with Gasteiger partial charge < -0.3 is 24.8 Å². The molecule has 1 aromatic heterocycles. The van der Waals surface area contributed by atoms with Crippen LogP contribution >= 0.6 is 0 Å². The minimum Gasteiger partial charge on any atom is -1.00 e. The fourth-order valence-electron chi connectivity index (χ4n) is 5.55. The second-order valence-corrected chi connectivity index (χ2v) is 11.8. The number of hydrogen-bond acceptors (Lipinski definition) is 3. The molecule has 0 aliphatic heterocycles. The minimum atomic E-state index is 0. The maximum Gasteiger partial charge on any atom is 2.00 e. The number of aromatic nitrogens is 1. The molecule has 0 bridgehead atoms. The normalized spacial score (nSPS) is 11.0. The summed E-state index contributed by atoms with van der Waals surface area (Å²) in [4.78, 5) is 15.2. The number of benzene rings is 2. The van der Waals surface area contributed by atoms with Gasteiger partial charge in [-0.2, -0.15) is 0 Å². The van der Waals surface area contributed by atoms with Crippen molar-refractivity contribution < 1.29 is 41.9 Å². The van der Waals surface area contributed by atoms with E-state index >= 15 is 0 Å². The molecule has 0 amide bonds. The summed E-state index contributed by atoms with van der Waals surface area (Å²) in [6, 6.07) is 13.6. The Kier molecular flexibility index (Phi) is 21.5. The Labute approximate surface area is 291 Å². The first-order chi connectivity index (χ1) is 19.9. The molecule has 3 nitrogen and oxygen atoms in total. The van der Waals surface area contributed by atoms with E-state index in [1.807, 2.05) is 12.4 Å². The predicted octanol–water partition coefficient (Wildman–Crippen LogP) is 4.88. The number of nitrogens with zero attached hydrogens (tertiary/aromatic N) is 3. The van der Waals surface area contributed by atoms with Crippen LogP contribution in [-0.2, 0) is 42.8 Å². The Morgan fingerprint density at radius 3 is 1.05 bits per heavy atom. The molecule has 0 radical (unpaired) electrons. The largest absolute Gasteiger partial charge is 2.00 e. The van der Waals surface area contributed by atoms with Gasteiger partial charge in [-0.05, 0) is 112 Å². The van der Waals surface area contributed by atoms with Crippen molar-refractivity contribution in [3.8, 4) is 0 Å². The predicted molar refractivity (Wildman–Crippen MR) is 180 cm³/mol. The van der Waals surface area contributed by atoms with E-state index in [1.54, 1.807) is 0 Å². The van der Waals surface area contributed by atoms with Crippen LogP contribution in [0.25, 0.3) is 0 Å². The summed E-state index contributed by atoms with van der Waals surface area (Å²) in [7, 11) is 0. The van der Waals surface area contributed by atoms with E-state index in [4.69, 9.17) is 15.0 Å². The van der Waals surface area contributed by atoms with Crippen LogP contribution in [0.4, 0.5) is 11.4 Å². The number of unbranched alkanes of at least 4 members (excludes halogenated alkanes) is 4. The summed E-state index contributed by atoms with van der Waals surface area (Å²) in [5, 5.41) is 0. The molecule has 0 unspecified atom stereocenters. The molecule has 6 heteroatoms. The fraction of sp³-hybridized carbons (Fsp3) is 0.500. The molecule has 0 aliphatic rings. The van der Waals surface area contributed by atoms with Gasteiger partial charge in [0.05, 0.1) is 35.2 Å². The van der Waals surface area contributed by atoms with Gasteiger partial charge in [0.25, 0.3) is 0 Å². The van der Waals surface area contributed by atoms with Crippen LogP contribution in [-0.4, -0.2) is 17.4 Å². The van der Waals surface area contributed by atoms with Gasteiger partial charge in [-0.15, -0.1) is 0 Å². The third-order valence-electron chi connectivity index (χ3n) is 7.68. The molecule has 3 aromatic rings. The van der Waals surface area contributed by atoms with Crippen LogP contribution in [0.3, 0.4) is 0 Å². The van der Waals surface area contributed by atoms with E-state index in [2.05, 4.69) is 84.9 Å². The second kappa shape index (κ2) is 22.5. The smallest absolute Gasteiger partial charge is 1.00 e. The molecule has 0 spiro atoms. The van der Waals surface area contributed by atoms with Gasteiger partial charge >= 0.3 is 17.1 Å². The van der Waals surface area contributed by atoms with E-state index in [0.29, 0.717) is 0 Å². The number of aliphatic imine (C=N–C) groups is 2. The molecular formula is C38H53Cl2FeN3. The summed E-state index contributed by atoms with van der Waals surface area (Å²) < 4.78 is 0. The van der Waals surface area contributed by atoms with Gasteiger partial charge in [0.2, 0.25) is 0 Å². The van der Waals surface area contributed by atoms with Gasteiger partial charge in [0, 0.05) is 0 Å². The van der Waals surface area contributed by atoms with Crippen molar-refractivity contribution in [3.05, 3.63) is 86.7 Å². The van der Waals surface area contributed by atoms with Crippen molar-refractivity contribution in [3.63, 3.8) is 0 Å². The first kappa shape index (κ1) is 42.0. The molecule has 0 N–H and O–H groups in total. The topological polar surface area (TPSA) is 37.6 Å². The number of aryl methyl sites for hydroxylation is 7. The van der Waals surface area contributed by atoms with E-state index in [-0.39, 0.29) is 41.9 Å². The Balaban J connectivity index is 0.00000616. The summed E-state index contributed by atoms with van der Waals surface area (Å²) in [6.45, 7) is 15.6. The molecule has 2 aromatic carbocycles. The average molecular weight is 679 g/mol. The molecule has 0 saturated heterocycles.